The molecular formula is C15H15ClF2N2S. The molecular weight excluding hydrogens is 314 g/mol. The van der Waals surface area contributed by atoms with Gasteiger partial charge in [-0.1, -0.05) is 29.8 Å². The molecule has 0 aliphatic heterocycles. The maximum Gasteiger partial charge on any atom is 0.129 e. The Morgan fingerprint density at radius 1 is 1.10 bits per heavy atom. The van der Waals surface area contributed by atoms with Crippen molar-refractivity contribution in [3.63, 3.8) is 0 Å². The van der Waals surface area contributed by atoms with Gasteiger partial charge in [0.05, 0.1) is 5.02 Å². The van der Waals surface area contributed by atoms with Gasteiger partial charge in [-0.2, -0.15) is 0 Å². The molecule has 21 heavy (non-hydrogen) atoms. The standard InChI is InChI=1S/C15H15ClF2N2S/c16-12-4-1-2-7-15(12)21-9-10(20-19)8-11-13(17)5-3-6-14(11)18/h1-7,10,20H,8-9,19H2. The highest BCUT2D eigenvalue weighted by atomic mass is 35.5. The molecule has 0 saturated heterocycles. The van der Waals surface area contributed by atoms with Crippen LogP contribution in [0.3, 0.4) is 0 Å². The number of benzene rings is 2. The summed E-state index contributed by atoms with van der Waals surface area (Å²) in [4.78, 5) is 0.911. The molecule has 0 saturated carbocycles. The number of nitrogens with two attached hydrogens (primary N) is 1. The maximum atomic E-state index is 13.6. The average Bonchev–Trinajstić information content (AvgIpc) is 2.48. The fourth-order valence-corrected chi connectivity index (χ4v) is 3.17. The van der Waals surface area contributed by atoms with Gasteiger partial charge in [-0.3, -0.25) is 11.3 Å². The molecule has 2 aromatic carbocycles. The average molecular weight is 329 g/mol. The van der Waals surface area contributed by atoms with Crippen LogP contribution < -0.4 is 11.3 Å². The van der Waals surface area contributed by atoms with Gasteiger partial charge >= 0.3 is 0 Å². The highest BCUT2D eigenvalue weighted by Crippen LogP contribution is 2.27. The van der Waals surface area contributed by atoms with Gasteiger partial charge in [-0.25, -0.2) is 8.78 Å². The molecule has 0 heterocycles. The number of nitrogens with one attached hydrogen (secondary N) is 1. The molecule has 1 atom stereocenters. The Bertz CT molecular complexity index is 590. The first-order valence-corrected chi connectivity index (χ1v) is 7.74. The first kappa shape index (κ1) is 16.2. The quantitative estimate of drug-likeness (QED) is 0.481. The zero-order chi connectivity index (χ0) is 15.2. The van der Waals surface area contributed by atoms with E-state index in [4.69, 9.17) is 17.4 Å². The minimum Gasteiger partial charge on any atom is -0.271 e. The molecule has 0 radical (unpaired) electrons. The monoisotopic (exact) mass is 328 g/mol. The van der Waals surface area contributed by atoms with Gasteiger partial charge in [-0.15, -0.1) is 11.8 Å². The van der Waals surface area contributed by atoms with Crippen LogP contribution in [0.1, 0.15) is 5.56 Å². The number of thioether (sulfide) groups is 1. The van der Waals surface area contributed by atoms with Crippen LogP contribution in [-0.4, -0.2) is 11.8 Å². The maximum absolute atomic E-state index is 13.6. The van der Waals surface area contributed by atoms with E-state index in [0.29, 0.717) is 10.8 Å². The summed E-state index contributed by atoms with van der Waals surface area (Å²) in [5.74, 6) is 4.92. The third kappa shape index (κ3) is 4.41. The van der Waals surface area contributed by atoms with E-state index in [-0.39, 0.29) is 18.0 Å². The summed E-state index contributed by atoms with van der Waals surface area (Å²) in [5, 5.41) is 0.648. The van der Waals surface area contributed by atoms with Gasteiger partial charge in [0.2, 0.25) is 0 Å². The molecule has 0 fully saturated rings. The minimum absolute atomic E-state index is 0.0419. The van der Waals surface area contributed by atoms with Crippen LogP contribution in [0, 0.1) is 11.6 Å². The molecule has 0 amide bonds. The molecule has 2 nitrogen and oxygen atoms in total. The molecule has 112 valence electrons. The van der Waals surface area contributed by atoms with Crippen molar-refractivity contribution in [1.82, 2.24) is 5.43 Å². The summed E-state index contributed by atoms with van der Waals surface area (Å²) in [5.41, 5.74) is 2.64. The molecule has 0 aromatic heterocycles. The highest BCUT2D eigenvalue weighted by molar-refractivity contribution is 7.99. The molecule has 0 aliphatic carbocycles. The van der Waals surface area contributed by atoms with E-state index in [2.05, 4.69) is 5.43 Å². The van der Waals surface area contributed by atoms with Crippen molar-refractivity contribution < 1.29 is 8.78 Å². The normalized spacial score (nSPS) is 12.4. The van der Waals surface area contributed by atoms with E-state index in [1.807, 2.05) is 18.2 Å². The zero-order valence-electron chi connectivity index (χ0n) is 11.2. The number of hydrogen-bond acceptors (Lipinski definition) is 3. The third-order valence-corrected chi connectivity index (χ3v) is 4.70. The summed E-state index contributed by atoms with van der Waals surface area (Å²) in [7, 11) is 0. The Morgan fingerprint density at radius 3 is 2.38 bits per heavy atom. The predicted octanol–water partition coefficient (Wildman–Crippen LogP) is 3.78. The number of hydrazine groups is 1. The lowest BCUT2D eigenvalue weighted by Crippen LogP contribution is -2.39. The summed E-state index contributed by atoms with van der Waals surface area (Å²) in [6, 6.07) is 11.0. The van der Waals surface area contributed by atoms with Crippen molar-refractivity contribution in [2.75, 3.05) is 5.75 Å². The van der Waals surface area contributed by atoms with Crippen LogP contribution in [0.4, 0.5) is 8.78 Å². The molecule has 0 bridgehead atoms. The van der Waals surface area contributed by atoms with E-state index in [1.54, 1.807) is 6.07 Å². The Labute approximate surface area is 131 Å². The van der Waals surface area contributed by atoms with E-state index in [1.165, 1.54) is 30.0 Å². The lowest BCUT2D eigenvalue weighted by Gasteiger charge is -2.16. The minimum atomic E-state index is -0.557. The number of rotatable bonds is 6. The van der Waals surface area contributed by atoms with Gasteiger partial charge in [0.15, 0.2) is 0 Å². The van der Waals surface area contributed by atoms with Crippen molar-refractivity contribution in [2.24, 2.45) is 5.84 Å². The molecule has 2 rings (SSSR count). The zero-order valence-corrected chi connectivity index (χ0v) is 12.7. The smallest absolute Gasteiger partial charge is 0.129 e. The molecule has 0 spiro atoms. The second-order valence-electron chi connectivity index (χ2n) is 4.51. The van der Waals surface area contributed by atoms with Crippen molar-refractivity contribution in [3.05, 3.63) is 64.7 Å². The van der Waals surface area contributed by atoms with E-state index < -0.39 is 11.6 Å². The van der Waals surface area contributed by atoms with Crippen molar-refractivity contribution in [2.45, 2.75) is 17.4 Å². The second kappa shape index (κ2) is 7.75. The van der Waals surface area contributed by atoms with Crippen LogP contribution >= 0.6 is 23.4 Å². The van der Waals surface area contributed by atoms with Crippen LogP contribution in [0.25, 0.3) is 0 Å². The Kier molecular flexibility index (Phi) is 5.99. The van der Waals surface area contributed by atoms with E-state index in [9.17, 15) is 8.78 Å². The van der Waals surface area contributed by atoms with Gasteiger partial charge in [0, 0.05) is 22.3 Å². The number of hydrogen-bond donors (Lipinski definition) is 2. The Balaban J connectivity index is 2.02. The van der Waals surface area contributed by atoms with Crippen molar-refractivity contribution >= 4 is 23.4 Å². The van der Waals surface area contributed by atoms with Gasteiger partial charge in [0.1, 0.15) is 11.6 Å². The van der Waals surface area contributed by atoms with E-state index >= 15 is 0 Å². The first-order chi connectivity index (χ1) is 10.1. The second-order valence-corrected chi connectivity index (χ2v) is 5.98. The number of halogens is 3. The summed E-state index contributed by atoms with van der Waals surface area (Å²) < 4.78 is 27.3. The fraction of sp³-hybridized carbons (Fsp3) is 0.200. The van der Waals surface area contributed by atoms with Crippen molar-refractivity contribution in [3.8, 4) is 0 Å². The molecule has 6 heteroatoms. The topological polar surface area (TPSA) is 38.0 Å². The predicted molar refractivity (Wildman–Crippen MR) is 83.3 cm³/mol. The van der Waals surface area contributed by atoms with Crippen LogP contribution in [0.5, 0.6) is 0 Å². The van der Waals surface area contributed by atoms with Crippen LogP contribution in [0.2, 0.25) is 5.02 Å². The summed E-state index contributed by atoms with van der Waals surface area (Å²) >= 11 is 7.56. The lowest BCUT2D eigenvalue weighted by molar-refractivity contribution is 0.512. The fourth-order valence-electron chi connectivity index (χ4n) is 1.89. The van der Waals surface area contributed by atoms with Gasteiger partial charge < -0.3 is 0 Å². The van der Waals surface area contributed by atoms with Crippen LogP contribution in [0.15, 0.2) is 47.4 Å². The molecule has 0 aliphatic rings. The SMILES string of the molecule is NNC(CSc1ccccc1Cl)Cc1c(F)cccc1F. The molecule has 3 N–H and O–H groups in total. The lowest BCUT2D eigenvalue weighted by atomic mass is 10.1. The largest absolute Gasteiger partial charge is 0.271 e. The molecule has 1 unspecified atom stereocenters. The summed E-state index contributed by atoms with van der Waals surface area (Å²) in [6.45, 7) is 0. The Morgan fingerprint density at radius 2 is 1.76 bits per heavy atom. The first-order valence-electron chi connectivity index (χ1n) is 6.38. The van der Waals surface area contributed by atoms with Gasteiger partial charge in [0.25, 0.3) is 0 Å². The molecule has 2 aromatic rings. The Hall–Kier alpha value is -1.14. The van der Waals surface area contributed by atoms with E-state index in [0.717, 1.165) is 4.90 Å². The highest BCUT2D eigenvalue weighted by Gasteiger charge is 2.15. The summed E-state index contributed by atoms with van der Waals surface area (Å²) in [6.07, 6.45) is 0.173. The van der Waals surface area contributed by atoms with Crippen LogP contribution in [-0.2, 0) is 6.42 Å². The van der Waals surface area contributed by atoms with Gasteiger partial charge in [-0.05, 0) is 30.7 Å². The third-order valence-electron chi connectivity index (χ3n) is 3.02. The van der Waals surface area contributed by atoms with Crippen molar-refractivity contribution in [1.29, 1.82) is 0 Å².